The van der Waals surface area contributed by atoms with Crippen LogP contribution in [0.3, 0.4) is 0 Å². The van der Waals surface area contributed by atoms with Crippen LogP contribution in [0.5, 0.6) is 0 Å². The lowest BCUT2D eigenvalue weighted by atomic mass is 9.90. The maximum Gasteiger partial charge on any atom is 0.311 e. The summed E-state index contributed by atoms with van der Waals surface area (Å²) >= 11 is 0. The number of hydrogen-bond donors (Lipinski definition) is 1. The summed E-state index contributed by atoms with van der Waals surface area (Å²) in [7, 11) is 0. The zero-order valence-corrected chi connectivity index (χ0v) is 12.0. The molecule has 2 heterocycles. The molecule has 0 spiro atoms. The van der Waals surface area contributed by atoms with E-state index in [0.29, 0.717) is 13.0 Å². The van der Waals surface area contributed by atoms with Crippen molar-refractivity contribution in [2.75, 3.05) is 11.4 Å². The normalized spacial score (nSPS) is 17.4. The Balaban J connectivity index is 1.91. The Bertz CT molecular complexity index is 669. The average molecular weight is 282 g/mol. The van der Waals surface area contributed by atoms with Crippen LogP contribution < -0.4 is 4.90 Å². The number of carboxylic acid groups (broad SMARTS) is 1. The number of aromatic nitrogens is 1. The molecule has 1 aromatic heterocycles. The van der Waals surface area contributed by atoms with Crippen molar-refractivity contribution in [3.05, 3.63) is 59.4 Å². The highest BCUT2D eigenvalue weighted by Gasteiger charge is 2.29. The number of rotatable bonds is 3. The summed E-state index contributed by atoms with van der Waals surface area (Å²) < 4.78 is 0. The number of benzene rings is 1. The highest BCUT2D eigenvalue weighted by atomic mass is 16.4. The smallest absolute Gasteiger partial charge is 0.311 e. The first-order valence-electron chi connectivity index (χ1n) is 7.13. The molecule has 0 aliphatic carbocycles. The molecule has 108 valence electrons. The molecule has 0 radical (unpaired) electrons. The maximum atomic E-state index is 11.4. The lowest BCUT2D eigenvalue weighted by Gasteiger charge is -2.34. The van der Waals surface area contributed by atoms with Gasteiger partial charge in [0, 0.05) is 18.4 Å². The third-order valence-electron chi connectivity index (χ3n) is 3.96. The molecule has 0 amide bonds. The first kappa shape index (κ1) is 13.6. The van der Waals surface area contributed by atoms with E-state index in [9.17, 15) is 9.90 Å². The number of aliphatic carboxylic acids is 1. The second-order valence-electron chi connectivity index (χ2n) is 5.48. The highest BCUT2D eigenvalue weighted by molar-refractivity contribution is 5.80. The highest BCUT2D eigenvalue weighted by Crippen LogP contribution is 2.35. The molecule has 0 fully saturated rings. The van der Waals surface area contributed by atoms with Crippen LogP contribution in [0.25, 0.3) is 0 Å². The minimum absolute atomic E-state index is 0.400. The number of carboxylic acids is 1. The molecule has 3 rings (SSSR count). The first-order valence-corrected chi connectivity index (χ1v) is 7.13. The number of para-hydroxylation sites is 1. The molecule has 1 N–H and O–H groups in total. The minimum Gasteiger partial charge on any atom is -0.481 e. The molecule has 2 aromatic rings. The van der Waals surface area contributed by atoms with Crippen LogP contribution in [-0.2, 0) is 11.3 Å². The van der Waals surface area contributed by atoms with Gasteiger partial charge in [-0.15, -0.1) is 0 Å². The Morgan fingerprint density at radius 2 is 2.19 bits per heavy atom. The molecule has 1 atom stereocenters. The van der Waals surface area contributed by atoms with Gasteiger partial charge in [0.2, 0.25) is 0 Å². The summed E-state index contributed by atoms with van der Waals surface area (Å²) in [5.41, 5.74) is 4.12. The summed E-state index contributed by atoms with van der Waals surface area (Å²) in [5.74, 6) is -1.14. The van der Waals surface area contributed by atoms with Gasteiger partial charge in [-0.1, -0.05) is 18.2 Å². The number of anilines is 1. The van der Waals surface area contributed by atoms with Gasteiger partial charge in [0.15, 0.2) is 0 Å². The van der Waals surface area contributed by atoms with E-state index >= 15 is 0 Å². The van der Waals surface area contributed by atoms with Crippen LogP contribution in [0.1, 0.15) is 29.2 Å². The van der Waals surface area contributed by atoms with Crippen molar-refractivity contribution in [2.24, 2.45) is 0 Å². The van der Waals surface area contributed by atoms with Gasteiger partial charge in [0.1, 0.15) is 0 Å². The summed E-state index contributed by atoms with van der Waals surface area (Å²) in [6.45, 7) is 3.50. The molecule has 4 nitrogen and oxygen atoms in total. The second kappa shape index (κ2) is 5.56. The average Bonchev–Trinajstić information content (AvgIpc) is 2.47. The summed E-state index contributed by atoms with van der Waals surface area (Å²) in [5, 5.41) is 9.37. The van der Waals surface area contributed by atoms with E-state index in [0.717, 1.165) is 23.5 Å². The van der Waals surface area contributed by atoms with Gasteiger partial charge in [0.25, 0.3) is 0 Å². The fourth-order valence-electron chi connectivity index (χ4n) is 2.93. The molecule has 21 heavy (non-hydrogen) atoms. The van der Waals surface area contributed by atoms with Crippen molar-refractivity contribution in [2.45, 2.75) is 25.8 Å². The van der Waals surface area contributed by atoms with Gasteiger partial charge in [-0.3, -0.25) is 9.78 Å². The predicted molar refractivity (Wildman–Crippen MR) is 81.5 cm³/mol. The third-order valence-corrected chi connectivity index (χ3v) is 3.96. The van der Waals surface area contributed by atoms with Crippen molar-refractivity contribution in [1.29, 1.82) is 0 Å². The lowest BCUT2D eigenvalue weighted by Crippen LogP contribution is -2.33. The Morgan fingerprint density at radius 3 is 2.95 bits per heavy atom. The summed E-state index contributed by atoms with van der Waals surface area (Å²) in [6, 6.07) is 11.8. The van der Waals surface area contributed by atoms with E-state index in [4.69, 9.17) is 0 Å². The monoisotopic (exact) mass is 282 g/mol. The quantitative estimate of drug-likeness (QED) is 0.940. The van der Waals surface area contributed by atoms with Gasteiger partial charge < -0.3 is 10.0 Å². The van der Waals surface area contributed by atoms with Crippen LogP contribution in [-0.4, -0.2) is 22.6 Å². The molecule has 1 aliphatic heterocycles. The maximum absolute atomic E-state index is 11.4. The largest absolute Gasteiger partial charge is 0.481 e. The molecule has 1 unspecified atom stereocenters. The molecule has 0 saturated carbocycles. The van der Waals surface area contributed by atoms with Crippen molar-refractivity contribution in [1.82, 2.24) is 4.98 Å². The molecular weight excluding hydrogens is 264 g/mol. The standard InChI is InChI=1S/C17H18N2O2/c1-12-6-8-18-13(10-12)11-19-9-7-15(17(20)21)14-4-2-3-5-16(14)19/h2-6,8,10,15H,7,9,11H2,1H3,(H,20,21). The van der Waals surface area contributed by atoms with E-state index < -0.39 is 11.9 Å². The fraction of sp³-hybridized carbons (Fsp3) is 0.294. The Labute approximate surface area is 124 Å². The van der Waals surface area contributed by atoms with Gasteiger partial charge in [-0.25, -0.2) is 0 Å². The molecule has 0 saturated heterocycles. The number of nitrogens with zero attached hydrogens (tertiary/aromatic N) is 2. The van der Waals surface area contributed by atoms with Crippen LogP contribution in [0.2, 0.25) is 0 Å². The molecule has 1 aliphatic rings. The zero-order chi connectivity index (χ0) is 14.8. The number of carbonyl (C=O) groups is 1. The first-order chi connectivity index (χ1) is 10.1. The number of pyridine rings is 1. The topological polar surface area (TPSA) is 53.4 Å². The molecule has 0 bridgehead atoms. The van der Waals surface area contributed by atoms with E-state index in [1.807, 2.05) is 36.5 Å². The molecule has 4 heteroatoms. The summed E-state index contributed by atoms with van der Waals surface area (Å²) in [4.78, 5) is 18.0. The predicted octanol–water partition coefficient (Wildman–Crippen LogP) is 2.97. The van der Waals surface area contributed by atoms with E-state index in [1.165, 1.54) is 5.56 Å². The van der Waals surface area contributed by atoms with Crippen molar-refractivity contribution in [3.63, 3.8) is 0 Å². The lowest BCUT2D eigenvalue weighted by molar-refractivity contribution is -0.139. The zero-order valence-electron chi connectivity index (χ0n) is 12.0. The van der Waals surface area contributed by atoms with Gasteiger partial charge in [-0.2, -0.15) is 0 Å². The molecule has 1 aromatic carbocycles. The molecular formula is C17H18N2O2. The van der Waals surface area contributed by atoms with E-state index in [1.54, 1.807) is 0 Å². The van der Waals surface area contributed by atoms with Crippen LogP contribution in [0, 0.1) is 6.92 Å². The van der Waals surface area contributed by atoms with Gasteiger partial charge in [0.05, 0.1) is 18.2 Å². The SMILES string of the molecule is Cc1ccnc(CN2CCC(C(=O)O)c3ccccc32)c1. The Hall–Kier alpha value is -2.36. The number of fused-ring (bicyclic) bond motifs is 1. The van der Waals surface area contributed by atoms with Gasteiger partial charge >= 0.3 is 5.97 Å². The van der Waals surface area contributed by atoms with Crippen LogP contribution in [0.4, 0.5) is 5.69 Å². The van der Waals surface area contributed by atoms with Crippen LogP contribution >= 0.6 is 0 Å². The number of aryl methyl sites for hydroxylation is 1. The Morgan fingerprint density at radius 1 is 1.38 bits per heavy atom. The van der Waals surface area contributed by atoms with E-state index in [-0.39, 0.29) is 0 Å². The third kappa shape index (κ3) is 2.75. The van der Waals surface area contributed by atoms with Crippen molar-refractivity contribution < 1.29 is 9.90 Å². The van der Waals surface area contributed by atoms with Crippen molar-refractivity contribution in [3.8, 4) is 0 Å². The fourth-order valence-corrected chi connectivity index (χ4v) is 2.93. The second-order valence-corrected chi connectivity index (χ2v) is 5.48. The van der Waals surface area contributed by atoms with E-state index in [2.05, 4.69) is 22.9 Å². The van der Waals surface area contributed by atoms with Gasteiger partial charge in [-0.05, 0) is 42.7 Å². The van der Waals surface area contributed by atoms with Crippen molar-refractivity contribution >= 4 is 11.7 Å². The number of hydrogen-bond acceptors (Lipinski definition) is 3. The summed E-state index contributed by atoms with van der Waals surface area (Å²) in [6.07, 6.45) is 2.46. The Kier molecular flexibility index (Phi) is 3.60. The van der Waals surface area contributed by atoms with Crippen LogP contribution in [0.15, 0.2) is 42.6 Å². The minimum atomic E-state index is -0.740.